The van der Waals surface area contributed by atoms with E-state index in [1.54, 1.807) is 18.3 Å². The number of aliphatic hydroxyl groups is 1. The van der Waals surface area contributed by atoms with Crippen molar-refractivity contribution in [3.63, 3.8) is 0 Å². The summed E-state index contributed by atoms with van der Waals surface area (Å²) in [6.45, 7) is 1.02. The number of ether oxygens (including phenoxy) is 1. The molecule has 0 aliphatic carbocycles. The minimum absolute atomic E-state index is 0.153. The molecule has 2 aromatic heterocycles. The second kappa shape index (κ2) is 8.87. The van der Waals surface area contributed by atoms with Crippen LogP contribution < -0.4 is 9.64 Å². The number of aliphatic hydroxyl groups excluding tert-OH is 1. The summed E-state index contributed by atoms with van der Waals surface area (Å²) < 4.78 is 21.6. The molecular formula is C28H25FN4O3. The lowest BCUT2D eigenvalue weighted by Crippen LogP contribution is -2.38. The fraction of sp³-hybridized carbons (Fsp3) is 0.250. The van der Waals surface area contributed by atoms with Gasteiger partial charge < -0.3 is 24.1 Å². The van der Waals surface area contributed by atoms with Crippen LogP contribution >= 0.6 is 0 Å². The molecule has 182 valence electrons. The van der Waals surface area contributed by atoms with Crippen LogP contribution in [0.25, 0.3) is 0 Å². The first-order valence-corrected chi connectivity index (χ1v) is 11.9. The number of nitrogens with zero attached hydrogens (tertiary/aromatic N) is 4. The highest BCUT2D eigenvalue weighted by Crippen LogP contribution is 2.48. The number of hydrogen-bond donors (Lipinski definition) is 1. The summed E-state index contributed by atoms with van der Waals surface area (Å²) >= 11 is 0. The van der Waals surface area contributed by atoms with E-state index in [4.69, 9.17) is 9.72 Å². The van der Waals surface area contributed by atoms with Gasteiger partial charge >= 0.3 is 0 Å². The second-order valence-corrected chi connectivity index (χ2v) is 9.32. The van der Waals surface area contributed by atoms with Crippen LogP contribution in [-0.2, 0) is 29.8 Å². The minimum atomic E-state index is -0.960. The molecule has 0 bridgehead atoms. The Kier molecular flexibility index (Phi) is 5.53. The lowest BCUT2D eigenvalue weighted by molar-refractivity contribution is -0.110. The fourth-order valence-corrected chi connectivity index (χ4v) is 5.44. The fourth-order valence-electron chi connectivity index (χ4n) is 5.44. The van der Waals surface area contributed by atoms with E-state index >= 15 is 0 Å². The summed E-state index contributed by atoms with van der Waals surface area (Å²) in [6, 6.07) is 18.0. The van der Waals surface area contributed by atoms with E-state index < -0.39 is 11.3 Å². The highest BCUT2D eigenvalue weighted by atomic mass is 19.1. The molecular weight excluding hydrogens is 459 g/mol. The Labute approximate surface area is 207 Å². The van der Waals surface area contributed by atoms with Gasteiger partial charge in [0.15, 0.2) is 0 Å². The van der Waals surface area contributed by atoms with E-state index in [1.165, 1.54) is 17.7 Å². The molecule has 0 saturated carbocycles. The van der Waals surface area contributed by atoms with Crippen molar-refractivity contribution in [2.45, 2.75) is 30.9 Å². The van der Waals surface area contributed by atoms with Crippen LogP contribution in [0.4, 0.5) is 16.0 Å². The second-order valence-electron chi connectivity index (χ2n) is 9.32. The van der Waals surface area contributed by atoms with E-state index in [0.717, 1.165) is 36.2 Å². The number of aromatic nitrogens is 3. The zero-order valence-electron chi connectivity index (χ0n) is 19.5. The Morgan fingerprint density at radius 3 is 2.78 bits per heavy atom. The number of para-hydroxylation sites is 1. The number of hydrogen-bond acceptors (Lipinski definition) is 6. The molecule has 2 aliphatic rings. The third-order valence-electron chi connectivity index (χ3n) is 7.34. The molecule has 0 saturated heterocycles. The standard InChI is InChI=1S/C28H25FN4O3/c29-21-9-7-19(8-10-21)16-36-26-22(28(18-35)17-32-12-3-6-25(32)23(28)15-34)14-30-27(31-26)33-13-11-20-4-1-2-5-24(20)33/h1-10,12,14-15,23,35H,11,13,16-18H2/t23?,28-/m1/s1. The smallest absolute Gasteiger partial charge is 0.233 e. The van der Waals surface area contributed by atoms with Gasteiger partial charge in [0.25, 0.3) is 0 Å². The minimum Gasteiger partial charge on any atom is -0.472 e. The summed E-state index contributed by atoms with van der Waals surface area (Å²) in [5.41, 5.74) is 3.50. The molecule has 0 radical (unpaired) electrons. The van der Waals surface area contributed by atoms with Crippen LogP contribution in [0.5, 0.6) is 5.88 Å². The molecule has 8 heteroatoms. The Morgan fingerprint density at radius 2 is 1.97 bits per heavy atom. The van der Waals surface area contributed by atoms with Gasteiger partial charge in [-0.05, 0) is 47.9 Å². The van der Waals surface area contributed by atoms with Gasteiger partial charge in [-0.25, -0.2) is 9.37 Å². The number of aldehydes is 1. The van der Waals surface area contributed by atoms with Gasteiger partial charge in [-0.2, -0.15) is 4.98 Å². The average molecular weight is 485 g/mol. The van der Waals surface area contributed by atoms with E-state index in [1.807, 2.05) is 46.0 Å². The van der Waals surface area contributed by atoms with Gasteiger partial charge in [0.2, 0.25) is 11.8 Å². The predicted molar refractivity (Wildman–Crippen MR) is 132 cm³/mol. The number of anilines is 2. The number of carbonyl (C=O) groups excluding carboxylic acids is 1. The van der Waals surface area contributed by atoms with Crippen LogP contribution in [0.3, 0.4) is 0 Å². The van der Waals surface area contributed by atoms with Crippen molar-refractivity contribution in [1.29, 1.82) is 0 Å². The normalized spacial score (nSPS) is 20.3. The maximum absolute atomic E-state index is 13.4. The summed E-state index contributed by atoms with van der Waals surface area (Å²) in [5.74, 6) is -0.100. The summed E-state index contributed by atoms with van der Waals surface area (Å²) in [6.07, 6.45) is 5.35. The molecule has 0 spiro atoms. The SMILES string of the molecule is O=CC1c2cccn2C[C@@]1(CO)c1cnc(N2CCc3ccccc32)nc1OCc1ccc(F)cc1. The molecule has 0 fully saturated rings. The highest BCUT2D eigenvalue weighted by molar-refractivity contribution is 5.69. The van der Waals surface area contributed by atoms with Crippen LogP contribution in [0.1, 0.15) is 28.3 Å². The van der Waals surface area contributed by atoms with Crippen molar-refractivity contribution < 1.29 is 19.0 Å². The molecule has 36 heavy (non-hydrogen) atoms. The van der Waals surface area contributed by atoms with Crippen molar-refractivity contribution in [3.8, 4) is 5.88 Å². The van der Waals surface area contributed by atoms with Crippen LogP contribution in [0.15, 0.2) is 73.1 Å². The molecule has 4 aromatic rings. The Bertz CT molecular complexity index is 1420. The topological polar surface area (TPSA) is 80.5 Å². The molecule has 4 heterocycles. The summed E-state index contributed by atoms with van der Waals surface area (Å²) in [4.78, 5) is 23.9. The van der Waals surface area contributed by atoms with Crippen molar-refractivity contribution in [2.24, 2.45) is 0 Å². The van der Waals surface area contributed by atoms with E-state index in [0.29, 0.717) is 23.9 Å². The van der Waals surface area contributed by atoms with Crippen molar-refractivity contribution in [1.82, 2.24) is 14.5 Å². The molecule has 2 aromatic carbocycles. The summed E-state index contributed by atoms with van der Waals surface area (Å²) in [7, 11) is 0. The van der Waals surface area contributed by atoms with Gasteiger partial charge in [0.1, 0.15) is 18.7 Å². The van der Waals surface area contributed by atoms with Crippen LogP contribution in [0.2, 0.25) is 0 Å². The third-order valence-corrected chi connectivity index (χ3v) is 7.34. The molecule has 1 unspecified atom stereocenters. The first-order chi connectivity index (χ1) is 17.6. The number of benzene rings is 2. The lowest BCUT2D eigenvalue weighted by atomic mass is 9.73. The molecule has 6 rings (SSSR count). The zero-order chi connectivity index (χ0) is 24.7. The maximum atomic E-state index is 13.4. The predicted octanol–water partition coefficient (Wildman–Crippen LogP) is 3.92. The van der Waals surface area contributed by atoms with Gasteiger partial charge in [-0.15, -0.1) is 0 Å². The van der Waals surface area contributed by atoms with Gasteiger partial charge in [0.05, 0.1) is 17.9 Å². The molecule has 0 amide bonds. The van der Waals surface area contributed by atoms with Crippen LogP contribution in [0, 0.1) is 5.82 Å². The van der Waals surface area contributed by atoms with Crippen molar-refractivity contribution >= 4 is 17.9 Å². The van der Waals surface area contributed by atoms with Gasteiger partial charge in [-0.1, -0.05) is 30.3 Å². The maximum Gasteiger partial charge on any atom is 0.233 e. The molecule has 2 atom stereocenters. The quantitative estimate of drug-likeness (QED) is 0.401. The van der Waals surface area contributed by atoms with Gasteiger partial charge in [-0.3, -0.25) is 0 Å². The van der Waals surface area contributed by atoms with Crippen LogP contribution in [-0.4, -0.2) is 39.1 Å². The Morgan fingerprint density at radius 1 is 1.14 bits per heavy atom. The number of rotatable bonds is 7. The monoisotopic (exact) mass is 484 g/mol. The lowest BCUT2D eigenvalue weighted by Gasteiger charge is -2.32. The number of fused-ring (bicyclic) bond motifs is 2. The number of halogens is 1. The first kappa shape index (κ1) is 22.4. The van der Waals surface area contributed by atoms with E-state index in [9.17, 15) is 14.3 Å². The Hall–Kier alpha value is -4.04. The number of carbonyl (C=O) groups is 1. The molecule has 7 nitrogen and oxygen atoms in total. The highest BCUT2D eigenvalue weighted by Gasteiger charge is 2.50. The average Bonchev–Trinajstić information content (AvgIpc) is 3.61. The molecule has 1 N–H and O–H groups in total. The van der Waals surface area contributed by atoms with E-state index in [2.05, 4.69) is 11.1 Å². The van der Waals surface area contributed by atoms with Crippen molar-refractivity contribution in [2.75, 3.05) is 18.1 Å². The first-order valence-electron chi connectivity index (χ1n) is 11.9. The zero-order valence-corrected chi connectivity index (χ0v) is 19.5. The molecule has 2 aliphatic heterocycles. The van der Waals surface area contributed by atoms with E-state index in [-0.39, 0.29) is 19.0 Å². The van der Waals surface area contributed by atoms with Gasteiger partial charge in [0, 0.05) is 42.4 Å². The summed E-state index contributed by atoms with van der Waals surface area (Å²) in [5, 5.41) is 10.7. The van der Waals surface area contributed by atoms with Crippen molar-refractivity contribution in [3.05, 3.63) is 101 Å². The largest absolute Gasteiger partial charge is 0.472 e. The Balaban J connectivity index is 1.43. The third kappa shape index (κ3) is 3.56.